The number of benzene rings is 1. The van der Waals surface area contributed by atoms with Gasteiger partial charge in [0.25, 0.3) is 0 Å². The summed E-state index contributed by atoms with van der Waals surface area (Å²) >= 11 is 0. The first-order valence-electron chi connectivity index (χ1n) is 5.98. The quantitative estimate of drug-likeness (QED) is 0.877. The van der Waals surface area contributed by atoms with Crippen LogP contribution in [0.15, 0.2) is 24.3 Å². The Labute approximate surface area is 106 Å². The van der Waals surface area contributed by atoms with Crippen molar-refractivity contribution in [2.24, 2.45) is 0 Å². The van der Waals surface area contributed by atoms with Gasteiger partial charge in [-0.3, -0.25) is 4.90 Å². The van der Waals surface area contributed by atoms with Crippen LogP contribution in [0.1, 0.15) is 17.3 Å². The van der Waals surface area contributed by atoms with Gasteiger partial charge in [-0.2, -0.15) is 0 Å². The lowest BCUT2D eigenvalue weighted by Gasteiger charge is -2.32. The molecule has 1 heterocycles. The van der Waals surface area contributed by atoms with E-state index in [9.17, 15) is 4.79 Å². The van der Waals surface area contributed by atoms with E-state index >= 15 is 0 Å². The van der Waals surface area contributed by atoms with Gasteiger partial charge in [-0.1, -0.05) is 0 Å². The maximum atomic E-state index is 10.7. The zero-order chi connectivity index (χ0) is 13.0. The molecule has 2 rings (SSSR count). The first-order valence-corrected chi connectivity index (χ1v) is 5.98. The van der Waals surface area contributed by atoms with Crippen molar-refractivity contribution in [1.29, 1.82) is 0 Å². The lowest BCUT2D eigenvalue weighted by Crippen LogP contribution is -2.44. The number of nitrogens with zero attached hydrogens (tertiary/aromatic N) is 1. The number of hydrogen-bond donors (Lipinski definition) is 1. The van der Waals surface area contributed by atoms with E-state index in [2.05, 4.69) is 4.90 Å². The van der Waals surface area contributed by atoms with Gasteiger partial charge in [-0.15, -0.1) is 0 Å². The monoisotopic (exact) mass is 251 g/mol. The highest BCUT2D eigenvalue weighted by Crippen LogP contribution is 2.16. The maximum absolute atomic E-state index is 10.7. The summed E-state index contributed by atoms with van der Waals surface area (Å²) in [6, 6.07) is 6.45. The van der Waals surface area contributed by atoms with E-state index in [1.807, 2.05) is 6.92 Å². The Bertz CT molecular complexity index is 398. The number of aromatic carboxylic acids is 1. The molecule has 0 spiro atoms. The molecule has 0 saturated carbocycles. The molecule has 1 N–H and O–H groups in total. The Morgan fingerprint density at radius 2 is 1.94 bits per heavy atom. The number of morpholine rings is 1. The van der Waals surface area contributed by atoms with E-state index in [4.69, 9.17) is 14.6 Å². The minimum Gasteiger partial charge on any atom is -0.478 e. The van der Waals surface area contributed by atoms with Crippen LogP contribution in [0.5, 0.6) is 5.75 Å². The van der Waals surface area contributed by atoms with E-state index < -0.39 is 5.97 Å². The highest BCUT2D eigenvalue weighted by Gasteiger charge is 2.18. The van der Waals surface area contributed by atoms with E-state index in [-0.39, 0.29) is 11.8 Å². The predicted molar refractivity (Wildman–Crippen MR) is 65.9 cm³/mol. The molecular formula is C13H17NO4. The molecule has 5 heteroatoms. The molecule has 0 radical (unpaired) electrons. The van der Waals surface area contributed by atoms with Crippen LogP contribution in [0.4, 0.5) is 0 Å². The average Bonchev–Trinajstić information content (AvgIpc) is 2.40. The molecule has 1 saturated heterocycles. The Morgan fingerprint density at radius 3 is 2.50 bits per heavy atom. The first-order chi connectivity index (χ1) is 8.66. The lowest BCUT2D eigenvalue weighted by atomic mass is 10.2. The molecule has 0 aliphatic carbocycles. The number of carboxylic acid groups (broad SMARTS) is 1. The molecule has 98 valence electrons. The highest BCUT2D eigenvalue weighted by atomic mass is 16.5. The molecule has 0 aromatic heterocycles. The second-order valence-electron chi connectivity index (χ2n) is 4.20. The number of carbonyl (C=O) groups is 1. The van der Waals surface area contributed by atoms with E-state index in [1.165, 1.54) is 0 Å². The standard InChI is InChI=1S/C13H17NO4/c1-10(14-6-8-17-9-7-14)18-12-4-2-11(3-5-12)13(15)16/h2-5,10H,6-9H2,1H3,(H,15,16). The molecule has 0 bridgehead atoms. The second kappa shape index (κ2) is 5.84. The maximum Gasteiger partial charge on any atom is 0.335 e. The van der Waals surface area contributed by atoms with Crippen molar-refractivity contribution in [3.8, 4) is 5.75 Å². The smallest absolute Gasteiger partial charge is 0.335 e. The highest BCUT2D eigenvalue weighted by molar-refractivity contribution is 5.87. The minimum atomic E-state index is -0.928. The normalized spacial score (nSPS) is 18.3. The van der Waals surface area contributed by atoms with Crippen molar-refractivity contribution >= 4 is 5.97 Å². The first kappa shape index (κ1) is 12.9. The molecule has 1 unspecified atom stereocenters. The Kier molecular flexibility index (Phi) is 4.17. The third kappa shape index (κ3) is 3.21. The zero-order valence-corrected chi connectivity index (χ0v) is 10.3. The second-order valence-corrected chi connectivity index (χ2v) is 4.20. The summed E-state index contributed by atoms with van der Waals surface area (Å²) in [5, 5.41) is 8.80. The Hall–Kier alpha value is -1.59. The summed E-state index contributed by atoms with van der Waals surface area (Å²) in [5.41, 5.74) is 0.265. The zero-order valence-electron chi connectivity index (χ0n) is 10.3. The molecule has 1 aromatic rings. The van der Waals surface area contributed by atoms with Gasteiger partial charge in [0.1, 0.15) is 12.0 Å². The molecule has 18 heavy (non-hydrogen) atoms. The van der Waals surface area contributed by atoms with Crippen molar-refractivity contribution in [1.82, 2.24) is 4.90 Å². The van der Waals surface area contributed by atoms with Crippen LogP contribution >= 0.6 is 0 Å². The summed E-state index contributed by atoms with van der Waals surface area (Å²) in [4.78, 5) is 12.9. The van der Waals surface area contributed by atoms with Crippen LogP contribution in [0.3, 0.4) is 0 Å². The van der Waals surface area contributed by atoms with Gasteiger partial charge < -0.3 is 14.6 Å². The summed E-state index contributed by atoms with van der Waals surface area (Å²) in [6.07, 6.45) is -0.0374. The van der Waals surface area contributed by atoms with Gasteiger partial charge in [0.05, 0.1) is 18.8 Å². The third-order valence-corrected chi connectivity index (χ3v) is 2.97. The van der Waals surface area contributed by atoms with E-state index in [0.29, 0.717) is 5.75 Å². The van der Waals surface area contributed by atoms with Crippen LogP contribution in [-0.4, -0.2) is 48.5 Å². The fourth-order valence-electron chi connectivity index (χ4n) is 1.89. The molecule has 5 nitrogen and oxygen atoms in total. The fourth-order valence-corrected chi connectivity index (χ4v) is 1.89. The van der Waals surface area contributed by atoms with Crippen LogP contribution in [0, 0.1) is 0 Å². The van der Waals surface area contributed by atoms with Crippen LogP contribution in [0.2, 0.25) is 0 Å². The van der Waals surface area contributed by atoms with Crippen LogP contribution < -0.4 is 4.74 Å². The molecule has 1 aliphatic heterocycles. The molecule has 0 amide bonds. The molecular weight excluding hydrogens is 234 g/mol. The summed E-state index contributed by atoms with van der Waals surface area (Å²) in [5.74, 6) is -0.248. The van der Waals surface area contributed by atoms with Crippen LogP contribution in [0.25, 0.3) is 0 Å². The summed E-state index contributed by atoms with van der Waals surface area (Å²) < 4.78 is 11.0. The SMILES string of the molecule is CC(Oc1ccc(C(=O)O)cc1)N1CCOCC1. The van der Waals surface area contributed by atoms with Gasteiger partial charge >= 0.3 is 5.97 Å². The molecule has 1 atom stereocenters. The van der Waals surface area contributed by atoms with Crippen LogP contribution in [-0.2, 0) is 4.74 Å². The molecule has 1 aromatic carbocycles. The largest absolute Gasteiger partial charge is 0.478 e. The average molecular weight is 251 g/mol. The number of hydrogen-bond acceptors (Lipinski definition) is 4. The van der Waals surface area contributed by atoms with Gasteiger partial charge in [-0.05, 0) is 31.2 Å². The van der Waals surface area contributed by atoms with Gasteiger partial charge in [0.15, 0.2) is 0 Å². The van der Waals surface area contributed by atoms with Crippen molar-refractivity contribution < 1.29 is 19.4 Å². The topological polar surface area (TPSA) is 59.0 Å². The molecule has 1 aliphatic rings. The third-order valence-electron chi connectivity index (χ3n) is 2.97. The predicted octanol–water partition coefficient (Wildman–Crippen LogP) is 1.44. The van der Waals surface area contributed by atoms with Gasteiger partial charge in [-0.25, -0.2) is 4.79 Å². The summed E-state index contributed by atoms with van der Waals surface area (Å²) in [6.45, 7) is 5.15. The lowest BCUT2D eigenvalue weighted by molar-refractivity contribution is -0.0373. The Balaban J connectivity index is 1.93. The number of ether oxygens (including phenoxy) is 2. The van der Waals surface area contributed by atoms with Crippen molar-refractivity contribution in [3.63, 3.8) is 0 Å². The van der Waals surface area contributed by atoms with Crippen molar-refractivity contribution in [3.05, 3.63) is 29.8 Å². The van der Waals surface area contributed by atoms with Gasteiger partial charge in [0, 0.05) is 13.1 Å². The van der Waals surface area contributed by atoms with Gasteiger partial charge in [0.2, 0.25) is 0 Å². The number of carboxylic acids is 1. The number of rotatable bonds is 4. The summed E-state index contributed by atoms with van der Waals surface area (Å²) in [7, 11) is 0. The van der Waals surface area contributed by atoms with E-state index in [1.54, 1.807) is 24.3 Å². The van der Waals surface area contributed by atoms with Crippen molar-refractivity contribution in [2.45, 2.75) is 13.2 Å². The van der Waals surface area contributed by atoms with Crippen molar-refractivity contribution in [2.75, 3.05) is 26.3 Å². The van der Waals surface area contributed by atoms with E-state index in [0.717, 1.165) is 26.3 Å². The fraction of sp³-hybridized carbons (Fsp3) is 0.462. The Morgan fingerprint density at radius 1 is 1.33 bits per heavy atom. The minimum absolute atomic E-state index is 0.0374. The molecule has 1 fully saturated rings.